The van der Waals surface area contributed by atoms with Crippen molar-refractivity contribution in [2.45, 2.75) is 20.8 Å². The minimum atomic E-state index is 0.0926. The Morgan fingerprint density at radius 2 is 1.57 bits per heavy atom. The molecule has 0 unspecified atom stereocenters. The number of carbonyl (C=O) groups excluding carboxylic acids is 1. The topological polar surface area (TPSA) is 29.5 Å². The van der Waals surface area contributed by atoms with Crippen molar-refractivity contribution >= 4 is 17.7 Å². The van der Waals surface area contributed by atoms with Crippen LogP contribution < -0.4 is 0 Å². The van der Waals surface area contributed by atoms with Crippen molar-refractivity contribution in [1.82, 2.24) is 4.90 Å². The lowest BCUT2D eigenvalue weighted by Crippen LogP contribution is -2.17. The van der Waals surface area contributed by atoms with Gasteiger partial charge in [0.25, 0.3) is 0 Å². The Morgan fingerprint density at radius 1 is 1.36 bits per heavy atom. The third-order valence-corrected chi connectivity index (χ3v) is 1.78. The van der Waals surface area contributed by atoms with E-state index in [-0.39, 0.29) is 5.91 Å². The first-order valence-electron chi connectivity index (χ1n) is 4.63. The number of carbonyl (C=O) groups is 1. The van der Waals surface area contributed by atoms with Gasteiger partial charge in [-0.25, -0.2) is 0 Å². The molecule has 0 N–H and O–H groups in total. The molecule has 0 heterocycles. The molecule has 0 saturated carbocycles. The van der Waals surface area contributed by atoms with Gasteiger partial charge in [0.2, 0.25) is 5.91 Å². The van der Waals surface area contributed by atoms with Gasteiger partial charge < -0.3 is 9.64 Å². The number of hydrogen-bond acceptors (Lipinski definition) is 3. The number of hydrogen-bond donors (Lipinski definition) is 0. The van der Waals surface area contributed by atoms with E-state index in [9.17, 15) is 4.79 Å². The predicted octanol–water partition coefficient (Wildman–Crippen LogP) is 2.12. The zero-order chi connectivity index (χ0) is 12.0. The second-order valence-electron chi connectivity index (χ2n) is 2.57. The maximum absolute atomic E-state index is 10.1. The maximum atomic E-state index is 10.1. The van der Waals surface area contributed by atoms with Gasteiger partial charge in [-0.3, -0.25) is 4.79 Å². The van der Waals surface area contributed by atoms with Crippen LogP contribution in [0.2, 0.25) is 0 Å². The number of nitrogens with zero attached hydrogens (tertiary/aromatic N) is 1. The van der Waals surface area contributed by atoms with E-state index >= 15 is 0 Å². The van der Waals surface area contributed by atoms with Crippen LogP contribution >= 0.6 is 11.8 Å². The Kier molecular flexibility index (Phi) is 25.7. The van der Waals surface area contributed by atoms with Gasteiger partial charge in [-0.2, -0.15) is 11.8 Å². The molecule has 0 aromatic rings. The first-order chi connectivity index (χ1) is 6.47. The maximum Gasteiger partial charge on any atom is 0.218 e. The standard InChI is InChI=1S/C4H9NO.C3H8O.C3H8S/c1-4(6)5(2)3;2*1-3-4-2/h1-3H3;2*3H2,1-2H3. The Hall–Kier alpha value is -0.220. The van der Waals surface area contributed by atoms with Crippen molar-refractivity contribution in [2.24, 2.45) is 0 Å². The molecular weight excluding hydrogens is 198 g/mol. The molecule has 0 aliphatic carbocycles. The minimum absolute atomic E-state index is 0.0926. The van der Waals surface area contributed by atoms with E-state index in [1.807, 2.05) is 18.7 Å². The third-order valence-electron chi connectivity index (χ3n) is 1.21. The molecule has 0 saturated heterocycles. The second kappa shape index (κ2) is 18.5. The Morgan fingerprint density at radius 3 is 1.57 bits per heavy atom. The average Bonchev–Trinajstić information content (AvgIpc) is 2.18. The zero-order valence-corrected chi connectivity index (χ0v) is 11.4. The summed E-state index contributed by atoms with van der Waals surface area (Å²) >= 11 is 1.86. The summed E-state index contributed by atoms with van der Waals surface area (Å²) in [5.74, 6) is 1.33. The third kappa shape index (κ3) is 41.0. The molecule has 0 aromatic carbocycles. The molecule has 0 atom stereocenters. The van der Waals surface area contributed by atoms with Gasteiger partial charge in [0.05, 0.1) is 0 Å². The molecule has 0 aliphatic rings. The van der Waals surface area contributed by atoms with Gasteiger partial charge in [-0.1, -0.05) is 6.92 Å². The highest BCUT2D eigenvalue weighted by Crippen LogP contribution is 1.83. The number of methoxy groups -OCH3 is 1. The molecule has 0 spiro atoms. The summed E-state index contributed by atoms with van der Waals surface area (Å²) < 4.78 is 4.54. The van der Waals surface area contributed by atoms with Crippen molar-refractivity contribution in [1.29, 1.82) is 0 Å². The summed E-state index contributed by atoms with van der Waals surface area (Å²) in [7, 11) is 5.13. The van der Waals surface area contributed by atoms with Crippen LogP contribution in [0.25, 0.3) is 0 Å². The van der Waals surface area contributed by atoms with Crippen LogP contribution in [0.4, 0.5) is 0 Å². The van der Waals surface area contributed by atoms with Gasteiger partial charge >= 0.3 is 0 Å². The van der Waals surface area contributed by atoms with Gasteiger partial charge in [0.1, 0.15) is 0 Å². The lowest BCUT2D eigenvalue weighted by Gasteiger charge is -2.02. The van der Waals surface area contributed by atoms with Crippen molar-refractivity contribution in [2.75, 3.05) is 39.8 Å². The molecule has 1 amide bonds. The fourth-order valence-electron chi connectivity index (χ4n) is 0. The SMILES string of the molecule is CC(=O)N(C)C.CCOC.CCSC. The van der Waals surface area contributed by atoms with Crippen molar-refractivity contribution in [3.05, 3.63) is 0 Å². The van der Waals surface area contributed by atoms with E-state index in [0.29, 0.717) is 0 Å². The van der Waals surface area contributed by atoms with Gasteiger partial charge in [-0.05, 0) is 18.9 Å². The van der Waals surface area contributed by atoms with Gasteiger partial charge in [0.15, 0.2) is 0 Å². The average molecular weight is 223 g/mol. The number of ether oxygens (including phenoxy) is 1. The van der Waals surface area contributed by atoms with Gasteiger partial charge in [0, 0.05) is 34.7 Å². The van der Waals surface area contributed by atoms with Crippen LogP contribution in [0.1, 0.15) is 20.8 Å². The summed E-state index contributed by atoms with van der Waals surface area (Å²) in [5, 5.41) is 0. The van der Waals surface area contributed by atoms with Crippen LogP contribution in [0, 0.1) is 0 Å². The number of amides is 1. The highest BCUT2D eigenvalue weighted by molar-refractivity contribution is 7.98. The van der Waals surface area contributed by atoms with E-state index in [4.69, 9.17) is 0 Å². The lowest BCUT2D eigenvalue weighted by atomic mass is 10.7. The van der Waals surface area contributed by atoms with E-state index in [2.05, 4.69) is 17.9 Å². The Labute approximate surface area is 93.2 Å². The summed E-state index contributed by atoms with van der Waals surface area (Å²) in [4.78, 5) is 11.6. The second-order valence-corrected chi connectivity index (χ2v) is 3.72. The molecule has 4 heteroatoms. The Bertz CT molecular complexity index is 100. The van der Waals surface area contributed by atoms with E-state index in [0.717, 1.165) is 6.61 Å². The van der Waals surface area contributed by atoms with Crippen LogP contribution in [-0.4, -0.2) is 50.6 Å². The molecular formula is C10H25NO2S. The lowest BCUT2D eigenvalue weighted by molar-refractivity contribution is -0.126. The van der Waals surface area contributed by atoms with Gasteiger partial charge in [-0.15, -0.1) is 0 Å². The minimum Gasteiger partial charge on any atom is -0.385 e. The quantitative estimate of drug-likeness (QED) is 0.718. The summed E-state index contributed by atoms with van der Waals surface area (Å²) in [6.07, 6.45) is 2.10. The molecule has 0 aliphatic heterocycles. The summed E-state index contributed by atoms with van der Waals surface area (Å²) in [6.45, 7) is 6.45. The highest BCUT2D eigenvalue weighted by Gasteiger charge is 1.87. The van der Waals surface area contributed by atoms with E-state index < -0.39 is 0 Å². The smallest absolute Gasteiger partial charge is 0.218 e. The van der Waals surface area contributed by atoms with E-state index in [1.165, 1.54) is 17.6 Å². The fraction of sp³-hybridized carbons (Fsp3) is 0.900. The van der Waals surface area contributed by atoms with Crippen molar-refractivity contribution < 1.29 is 9.53 Å². The van der Waals surface area contributed by atoms with Crippen LogP contribution in [0.15, 0.2) is 0 Å². The van der Waals surface area contributed by atoms with Crippen molar-refractivity contribution in [3.63, 3.8) is 0 Å². The van der Waals surface area contributed by atoms with Crippen LogP contribution in [-0.2, 0) is 9.53 Å². The number of rotatable bonds is 2. The summed E-state index contributed by atoms with van der Waals surface area (Å²) in [5.41, 5.74) is 0. The Balaban J connectivity index is -0.000000135. The number of thioether (sulfide) groups is 1. The highest BCUT2D eigenvalue weighted by atomic mass is 32.2. The molecule has 0 radical (unpaired) electrons. The molecule has 0 fully saturated rings. The van der Waals surface area contributed by atoms with Crippen LogP contribution in [0.3, 0.4) is 0 Å². The first-order valence-corrected chi connectivity index (χ1v) is 6.02. The van der Waals surface area contributed by atoms with Crippen molar-refractivity contribution in [3.8, 4) is 0 Å². The molecule has 14 heavy (non-hydrogen) atoms. The largest absolute Gasteiger partial charge is 0.385 e. The predicted molar refractivity (Wildman–Crippen MR) is 66.0 cm³/mol. The van der Waals surface area contributed by atoms with E-state index in [1.54, 1.807) is 21.2 Å². The molecule has 0 bridgehead atoms. The monoisotopic (exact) mass is 223 g/mol. The molecule has 88 valence electrons. The fourth-order valence-corrected chi connectivity index (χ4v) is 0. The summed E-state index contributed by atoms with van der Waals surface area (Å²) in [6, 6.07) is 0. The molecule has 0 rings (SSSR count). The first kappa shape index (κ1) is 19.4. The van der Waals surface area contributed by atoms with Crippen LogP contribution in [0.5, 0.6) is 0 Å². The zero-order valence-electron chi connectivity index (χ0n) is 10.6. The molecule has 3 nitrogen and oxygen atoms in total. The normalized spacial score (nSPS) is 7.64. The molecule has 0 aromatic heterocycles.